The van der Waals surface area contributed by atoms with Crippen LogP contribution in [0.3, 0.4) is 0 Å². The molecule has 3 aromatic rings. The Balaban J connectivity index is 1.35. The summed E-state index contributed by atoms with van der Waals surface area (Å²) in [5.41, 5.74) is 3.61. The molecule has 7 nitrogen and oxygen atoms in total. The topological polar surface area (TPSA) is 77.6 Å². The van der Waals surface area contributed by atoms with E-state index in [1.165, 1.54) is 6.07 Å². The number of rotatable bonds is 7. The highest BCUT2D eigenvalue weighted by Crippen LogP contribution is 2.25. The van der Waals surface area contributed by atoms with E-state index in [0.717, 1.165) is 16.7 Å². The molecule has 1 atom stereocenters. The lowest BCUT2D eigenvalue weighted by Gasteiger charge is -2.40. The van der Waals surface area contributed by atoms with Gasteiger partial charge in [-0.05, 0) is 36.2 Å². The summed E-state index contributed by atoms with van der Waals surface area (Å²) >= 11 is 0. The summed E-state index contributed by atoms with van der Waals surface area (Å²) in [7, 11) is 0. The van der Waals surface area contributed by atoms with Gasteiger partial charge >= 0.3 is 11.8 Å². The molecule has 1 aromatic heterocycles. The van der Waals surface area contributed by atoms with Crippen molar-refractivity contribution in [2.45, 2.75) is 19.5 Å². The fourth-order valence-corrected chi connectivity index (χ4v) is 4.25. The number of pyridine rings is 1. The van der Waals surface area contributed by atoms with Crippen molar-refractivity contribution in [1.82, 2.24) is 20.5 Å². The second-order valence-corrected chi connectivity index (χ2v) is 8.65. The van der Waals surface area contributed by atoms with E-state index >= 15 is 0 Å². The third kappa shape index (κ3) is 6.42. The van der Waals surface area contributed by atoms with Gasteiger partial charge in [0, 0.05) is 51.7 Å². The fourth-order valence-electron chi connectivity index (χ4n) is 4.25. The summed E-state index contributed by atoms with van der Waals surface area (Å²) in [6.45, 7) is 5.23. The Kier molecular flexibility index (Phi) is 8.05. The Labute approximate surface area is 205 Å². The average Bonchev–Trinajstić information content (AvgIpc) is 2.89. The SMILES string of the molecule is Cc1ccc(CNC(=O)C(=O)NC[C@H](c2cccnc2)N2CCN(c3ccccc3F)CC2)cc1. The number of hydrogen-bond acceptors (Lipinski definition) is 5. The number of amides is 2. The molecule has 0 saturated carbocycles. The van der Waals surface area contributed by atoms with Gasteiger partial charge in [-0.2, -0.15) is 0 Å². The number of para-hydroxylation sites is 1. The molecule has 2 heterocycles. The Morgan fingerprint density at radius 2 is 1.66 bits per heavy atom. The molecule has 0 aliphatic carbocycles. The minimum absolute atomic E-state index is 0.152. The number of halogens is 1. The Hall–Kier alpha value is -3.78. The van der Waals surface area contributed by atoms with E-state index < -0.39 is 11.8 Å². The third-order valence-electron chi connectivity index (χ3n) is 6.25. The van der Waals surface area contributed by atoms with E-state index in [1.54, 1.807) is 24.5 Å². The van der Waals surface area contributed by atoms with Crippen molar-refractivity contribution in [3.05, 3.63) is 95.6 Å². The lowest BCUT2D eigenvalue weighted by molar-refractivity contribution is -0.139. The molecule has 1 aliphatic heterocycles. The van der Waals surface area contributed by atoms with Crippen molar-refractivity contribution < 1.29 is 14.0 Å². The number of carbonyl (C=O) groups is 2. The zero-order valence-corrected chi connectivity index (χ0v) is 19.8. The van der Waals surface area contributed by atoms with Crippen LogP contribution in [0.15, 0.2) is 73.1 Å². The van der Waals surface area contributed by atoms with Gasteiger partial charge in [0.05, 0.1) is 11.7 Å². The van der Waals surface area contributed by atoms with Gasteiger partial charge in [-0.3, -0.25) is 19.5 Å². The molecule has 0 bridgehead atoms. The largest absolute Gasteiger partial charge is 0.367 e. The maximum Gasteiger partial charge on any atom is 0.309 e. The van der Waals surface area contributed by atoms with Gasteiger partial charge in [-0.1, -0.05) is 48.0 Å². The predicted octanol–water partition coefficient (Wildman–Crippen LogP) is 2.83. The number of benzene rings is 2. The van der Waals surface area contributed by atoms with Gasteiger partial charge in [0.25, 0.3) is 0 Å². The van der Waals surface area contributed by atoms with Crippen molar-refractivity contribution in [1.29, 1.82) is 0 Å². The van der Waals surface area contributed by atoms with E-state index in [4.69, 9.17) is 0 Å². The fraction of sp³-hybridized carbons (Fsp3) is 0.296. The number of nitrogens with zero attached hydrogens (tertiary/aromatic N) is 3. The van der Waals surface area contributed by atoms with Crippen LogP contribution in [0.1, 0.15) is 22.7 Å². The molecule has 1 saturated heterocycles. The van der Waals surface area contributed by atoms with Crippen LogP contribution >= 0.6 is 0 Å². The molecule has 1 fully saturated rings. The monoisotopic (exact) mass is 475 g/mol. The van der Waals surface area contributed by atoms with Crippen LogP contribution < -0.4 is 15.5 Å². The van der Waals surface area contributed by atoms with Crippen LogP contribution in [0.2, 0.25) is 0 Å². The molecular weight excluding hydrogens is 445 g/mol. The van der Waals surface area contributed by atoms with Gasteiger partial charge in [0.1, 0.15) is 5.82 Å². The third-order valence-corrected chi connectivity index (χ3v) is 6.25. The van der Waals surface area contributed by atoms with Crippen LogP contribution in [-0.4, -0.2) is 54.4 Å². The second-order valence-electron chi connectivity index (χ2n) is 8.65. The minimum atomic E-state index is -0.670. The Bertz CT molecular complexity index is 1130. The van der Waals surface area contributed by atoms with Crippen molar-refractivity contribution >= 4 is 17.5 Å². The first-order valence-electron chi connectivity index (χ1n) is 11.8. The Morgan fingerprint density at radius 3 is 2.34 bits per heavy atom. The highest BCUT2D eigenvalue weighted by atomic mass is 19.1. The number of anilines is 1. The van der Waals surface area contributed by atoms with Crippen molar-refractivity contribution in [2.75, 3.05) is 37.6 Å². The number of hydrogen-bond donors (Lipinski definition) is 2. The van der Waals surface area contributed by atoms with E-state index in [1.807, 2.05) is 54.3 Å². The van der Waals surface area contributed by atoms with Gasteiger partial charge < -0.3 is 15.5 Å². The first-order valence-corrected chi connectivity index (χ1v) is 11.8. The zero-order chi connectivity index (χ0) is 24.6. The number of aryl methyl sites for hydroxylation is 1. The molecule has 2 N–H and O–H groups in total. The molecule has 2 aromatic carbocycles. The van der Waals surface area contributed by atoms with E-state index in [2.05, 4.69) is 20.5 Å². The molecule has 2 amide bonds. The first-order chi connectivity index (χ1) is 17.0. The van der Waals surface area contributed by atoms with Gasteiger partial charge in [0.2, 0.25) is 0 Å². The average molecular weight is 476 g/mol. The lowest BCUT2D eigenvalue weighted by Crippen LogP contribution is -2.51. The number of piperazine rings is 1. The minimum Gasteiger partial charge on any atom is -0.367 e. The van der Waals surface area contributed by atoms with Crippen molar-refractivity contribution in [3.8, 4) is 0 Å². The molecule has 0 unspecified atom stereocenters. The summed E-state index contributed by atoms with van der Waals surface area (Å²) in [5, 5.41) is 5.45. The normalized spacial score (nSPS) is 14.9. The molecule has 0 spiro atoms. The van der Waals surface area contributed by atoms with Crippen LogP contribution in [0.5, 0.6) is 0 Å². The van der Waals surface area contributed by atoms with Crippen LogP contribution in [-0.2, 0) is 16.1 Å². The highest BCUT2D eigenvalue weighted by molar-refractivity contribution is 6.35. The standard InChI is InChI=1S/C27H30FN5O2/c1-20-8-10-21(11-9-20)17-30-26(34)27(35)31-19-25(22-5-4-12-29-18-22)33-15-13-32(14-16-33)24-7-3-2-6-23(24)28/h2-12,18,25H,13-17,19H2,1H3,(H,30,34)(H,31,35)/t25-/m1/s1. The van der Waals surface area contributed by atoms with E-state index in [9.17, 15) is 14.0 Å². The zero-order valence-electron chi connectivity index (χ0n) is 19.8. The predicted molar refractivity (Wildman–Crippen MR) is 133 cm³/mol. The molecule has 35 heavy (non-hydrogen) atoms. The molecular formula is C27H30FN5O2. The summed E-state index contributed by atoms with van der Waals surface area (Å²) in [6, 6.07) is 18.2. The quantitative estimate of drug-likeness (QED) is 0.514. The van der Waals surface area contributed by atoms with Crippen LogP contribution in [0.4, 0.5) is 10.1 Å². The van der Waals surface area contributed by atoms with Gasteiger partial charge in [-0.25, -0.2) is 4.39 Å². The molecule has 0 radical (unpaired) electrons. The van der Waals surface area contributed by atoms with E-state index in [-0.39, 0.29) is 24.9 Å². The van der Waals surface area contributed by atoms with Crippen LogP contribution in [0.25, 0.3) is 0 Å². The maximum atomic E-state index is 14.2. The lowest BCUT2D eigenvalue weighted by atomic mass is 10.1. The summed E-state index contributed by atoms with van der Waals surface area (Å²) in [6.07, 6.45) is 3.48. The Morgan fingerprint density at radius 1 is 0.943 bits per heavy atom. The summed E-state index contributed by atoms with van der Waals surface area (Å²) < 4.78 is 14.2. The smallest absolute Gasteiger partial charge is 0.309 e. The number of carbonyl (C=O) groups excluding carboxylic acids is 2. The molecule has 4 rings (SSSR count). The highest BCUT2D eigenvalue weighted by Gasteiger charge is 2.27. The summed E-state index contributed by atoms with van der Waals surface area (Å²) in [5.74, 6) is -1.57. The number of aromatic nitrogens is 1. The van der Waals surface area contributed by atoms with Crippen molar-refractivity contribution in [3.63, 3.8) is 0 Å². The maximum absolute atomic E-state index is 14.2. The molecule has 8 heteroatoms. The second kappa shape index (κ2) is 11.6. The van der Waals surface area contributed by atoms with Gasteiger partial charge in [0.15, 0.2) is 0 Å². The van der Waals surface area contributed by atoms with Gasteiger partial charge in [-0.15, -0.1) is 0 Å². The van der Waals surface area contributed by atoms with E-state index in [0.29, 0.717) is 31.9 Å². The summed E-state index contributed by atoms with van der Waals surface area (Å²) in [4.78, 5) is 33.3. The molecule has 182 valence electrons. The number of nitrogens with one attached hydrogen (secondary N) is 2. The van der Waals surface area contributed by atoms with Crippen molar-refractivity contribution in [2.24, 2.45) is 0 Å². The van der Waals surface area contributed by atoms with Crippen LogP contribution in [0, 0.1) is 12.7 Å². The molecule has 1 aliphatic rings. The first kappa shape index (κ1) is 24.3.